The van der Waals surface area contributed by atoms with Crippen LogP contribution in [-0.2, 0) is 9.59 Å². The number of carbonyl (C=O) groups excluding carboxylic acids is 2. The monoisotopic (exact) mass is 196 g/mol. The van der Waals surface area contributed by atoms with Crippen molar-refractivity contribution in [2.45, 2.75) is 25.3 Å². The minimum atomic E-state index is 0.130. The van der Waals surface area contributed by atoms with Gasteiger partial charge in [0.05, 0.1) is 5.92 Å². The number of carbonyl (C=O) groups is 2. The quantitative estimate of drug-likeness (QED) is 0.664. The van der Waals surface area contributed by atoms with Gasteiger partial charge in [0.2, 0.25) is 5.91 Å². The summed E-state index contributed by atoms with van der Waals surface area (Å²) in [7, 11) is 1.67. The zero-order chi connectivity index (χ0) is 10.1. The standard InChI is InChI=1S/C10H16N2O2/c1-11-10(14)7-5-12(6-7)8-2-3-9(13)4-8/h7-8H,2-6H2,1H3,(H,11,14). The van der Waals surface area contributed by atoms with Gasteiger partial charge in [-0.2, -0.15) is 0 Å². The number of likely N-dealkylation sites (tertiary alicyclic amines) is 1. The first-order chi connectivity index (χ1) is 6.70. The highest BCUT2D eigenvalue weighted by molar-refractivity contribution is 5.82. The third kappa shape index (κ3) is 1.66. The molecule has 0 bridgehead atoms. The smallest absolute Gasteiger partial charge is 0.225 e. The zero-order valence-corrected chi connectivity index (χ0v) is 8.45. The third-order valence-corrected chi connectivity index (χ3v) is 3.26. The SMILES string of the molecule is CNC(=O)C1CN(C2CCC(=O)C2)C1. The molecule has 1 saturated carbocycles. The Balaban J connectivity index is 1.77. The number of amides is 1. The molecule has 1 amide bonds. The Morgan fingerprint density at radius 2 is 2.21 bits per heavy atom. The highest BCUT2D eigenvalue weighted by Gasteiger charge is 2.38. The predicted molar refractivity (Wildman–Crippen MR) is 51.8 cm³/mol. The van der Waals surface area contributed by atoms with Crippen molar-refractivity contribution >= 4 is 11.7 Å². The average molecular weight is 196 g/mol. The van der Waals surface area contributed by atoms with Crippen molar-refractivity contribution in [3.05, 3.63) is 0 Å². The second-order valence-electron chi connectivity index (χ2n) is 4.20. The second-order valence-corrected chi connectivity index (χ2v) is 4.20. The topological polar surface area (TPSA) is 49.4 Å². The van der Waals surface area contributed by atoms with Crippen LogP contribution >= 0.6 is 0 Å². The zero-order valence-electron chi connectivity index (χ0n) is 8.45. The van der Waals surface area contributed by atoms with E-state index in [0.717, 1.165) is 25.9 Å². The second kappa shape index (κ2) is 3.69. The van der Waals surface area contributed by atoms with Gasteiger partial charge in [0.1, 0.15) is 5.78 Å². The lowest BCUT2D eigenvalue weighted by molar-refractivity contribution is -0.130. The van der Waals surface area contributed by atoms with E-state index >= 15 is 0 Å². The van der Waals surface area contributed by atoms with Crippen molar-refractivity contribution in [1.82, 2.24) is 10.2 Å². The Hall–Kier alpha value is -0.900. The first kappa shape index (κ1) is 9.65. The van der Waals surface area contributed by atoms with Crippen LogP contribution in [0, 0.1) is 5.92 Å². The minimum absolute atomic E-state index is 0.130. The fraction of sp³-hybridized carbons (Fsp3) is 0.800. The molecule has 0 spiro atoms. The van der Waals surface area contributed by atoms with E-state index in [-0.39, 0.29) is 11.8 Å². The molecule has 0 radical (unpaired) electrons. The van der Waals surface area contributed by atoms with E-state index in [4.69, 9.17) is 0 Å². The maximum Gasteiger partial charge on any atom is 0.225 e. The van der Waals surface area contributed by atoms with Crippen LogP contribution in [0.5, 0.6) is 0 Å². The highest BCUT2D eigenvalue weighted by Crippen LogP contribution is 2.27. The van der Waals surface area contributed by atoms with Gasteiger partial charge in [-0.15, -0.1) is 0 Å². The molecule has 2 aliphatic rings. The Labute approximate surface area is 83.6 Å². The van der Waals surface area contributed by atoms with Crippen molar-refractivity contribution in [3.63, 3.8) is 0 Å². The molecular formula is C10H16N2O2. The first-order valence-electron chi connectivity index (χ1n) is 5.18. The van der Waals surface area contributed by atoms with Crippen LogP contribution in [0.3, 0.4) is 0 Å². The number of hydrogen-bond acceptors (Lipinski definition) is 3. The molecule has 1 N–H and O–H groups in total. The van der Waals surface area contributed by atoms with Gasteiger partial charge >= 0.3 is 0 Å². The maximum atomic E-state index is 11.2. The number of Topliss-reactive ketones (excluding diaryl/α,β-unsaturated/α-hetero) is 1. The number of rotatable bonds is 2. The molecule has 2 rings (SSSR count). The molecule has 0 aromatic carbocycles. The fourth-order valence-corrected chi connectivity index (χ4v) is 2.29. The van der Waals surface area contributed by atoms with E-state index in [2.05, 4.69) is 10.2 Å². The molecule has 1 heterocycles. The lowest BCUT2D eigenvalue weighted by Crippen LogP contribution is -2.56. The normalized spacial score (nSPS) is 28.9. The Morgan fingerprint density at radius 1 is 1.50 bits per heavy atom. The van der Waals surface area contributed by atoms with E-state index in [0.29, 0.717) is 18.2 Å². The fourth-order valence-electron chi connectivity index (χ4n) is 2.29. The van der Waals surface area contributed by atoms with Crippen molar-refractivity contribution in [2.24, 2.45) is 5.92 Å². The third-order valence-electron chi connectivity index (χ3n) is 3.26. The van der Waals surface area contributed by atoms with Gasteiger partial charge < -0.3 is 5.32 Å². The number of nitrogens with zero attached hydrogens (tertiary/aromatic N) is 1. The molecule has 0 aromatic heterocycles. The van der Waals surface area contributed by atoms with E-state index in [1.807, 2.05) is 0 Å². The van der Waals surface area contributed by atoms with Crippen molar-refractivity contribution in [2.75, 3.05) is 20.1 Å². The van der Waals surface area contributed by atoms with E-state index in [1.54, 1.807) is 7.05 Å². The summed E-state index contributed by atoms with van der Waals surface area (Å²) in [5.74, 6) is 0.652. The summed E-state index contributed by atoms with van der Waals surface area (Å²) in [6.45, 7) is 1.66. The minimum Gasteiger partial charge on any atom is -0.359 e. The Bertz CT molecular complexity index is 259. The predicted octanol–water partition coefficient (Wildman–Crippen LogP) is -0.214. The summed E-state index contributed by atoms with van der Waals surface area (Å²) in [4.78, 5) is 24.5. The molecule has 1 aliphatic heterocycles. The molecule has 1 unspecified atom stereocenters. The van der Waals surface area contributed by atoms with Crippen LogP contribution in [-0.4, -0.2) is 42.8 Å². The lowest BCUT2D eigenvalue weighted by Gasteiger charge is -2.41. The summed E-state index contributed by atoms with van der Waals surface area (Å²) in [6.07, 6.45) is 2.41. The van der Waals surface area contributed by atoms with Crippen LogP contribution < -0.4 is 5.32 Å². The lowest BCUT2D eigenvalue weighted by atomic mass is 9.96. The highest BCUT2D eigenvalue weighted by atomic mass is 16.2. The summed E-state index contributed by atoms with van der Waals surface area (Å²) in [5, 5.41) is 2.65. The summed E-state index contributed by atoms with van der Waals surface area (Å²) in [5.41, 5.74) is 0. The van der Waals surface area contributed by atoms with Crippen molar-refractivity contribution in [1.29, 1.82) is 0 Å². The molecule has 0 aromatic rings. The van der Waals surface area contributed by atoms with Gasteiger partial charge in [-0.1, -0.05) is 0 Å². The molecular weight excluding hydrogens is 180 g/mol. The summed E-state index contributed by atoms with van der Waals surface area (Å²) >= 11 is 0. The van der Waals surface area contributed by atoms with Gasteiger partial charge in [0.15, 0.2) is 0 Å². The summed E-state index contributed by atoms with van der Waals surface area (Å²) < 4.78 is 0. The maximum absolute atomic E-state index is 11.2. The number of hydrogen-bond donors (Lipinski definition) is 1. The van der Waals surface area contributed by atoms with Gasteiger partial charge in [-0.25, -0.2) is 0 Å². The van der Waals surface area contributed by atoms with Crippen LogP contribution in [0.1, 0.15) is 19.3 Å². The first-order valence-corrected chi connectivity index (χ1v) is 5.18. The van der Waals surface area contributed by atoms with Gasteiger partial charge in [0, 0.05) is 39.0 Å². The molecule has 14 heavy (non-hydrogen) atoms. The van der Waals surface area contributed by atoms with Crippen LogP contribution in [0.25, 0.3) is 0 Å². The molecule has 1 aliphatic carbocycles. The van der Waals surface area contributed by atoms with Crippen molar-refractivity contribution < 1.29 is 9.59 Å². The van der Waals surface area contributed by atoms with Crippen molar-refractivity contribution in [3.8, 4) is 0 Å². The van der Waals surface area contributed by atoms with Gasteiger partial charge in [-0.05, 0) is 6.42 Å². The van der Waals surface area contributed by atoms with E-state index in [9.17, 15) is 9.59 Å². The molecule has 2 fully saturated rings. The largest absolute Gasteiger partial charge is 0.359 e. The molecule has 1 saturated heterocycles. The number of nitrogens with one attached hydrogen (secondary N) is 1. The van der Waals surface area contributed by atoms with Crippen LogP contribution in [0.4, 0.5) is 0 Å². The number of ketones is 1. The summed E-state index contributed by atoms with van der Waals surface area (Å²) in [6, 6.07) is 0.420. The van der Waals surface area contributed by atoms with Crippen LogP contribution in [0.2, 0.25) is 0 Å². The Kier molecular flexibility index (Phi) is 2.54. The van der Waals surface area contributed by atoms with Gasteiger partial charge in [0.25, 0.3) is 0 Å². The molecule has 78 valence electrons. The molecule has 4 heteroatoms. The average Bonchev–Trinajstić information content (AvgIpc) is 2.49. The Morgan fingerprint density at radius 3 is 2.71 bits per heavy atom. The van der Waals surface area contributed by atoms with Crippen LogP contribution in [0.15, 0.2) is 0 Å². The van der Waals surface area contributed by atoms with E-state index < -0.39 is 0 Å². The molecule has 1 atom stereocenters. The van der Waals surface area contributed by atoms with Gasteiger partial charge in [-0.3, -0.25) is 14.5 Å². The molecule has 4 nitrogen and oxygen atoms in total. The van der Waals surface area contributed by atoms with E-state index in [1.165, 1.54) is 0 Å².